The molecular formula is C32H34F3N3O4. The average Bonchev–Trinajstić information content (AvgIpc) is 2.95. The van der Waals surface area contributed by atoms with Crippen molar-refractivity contribution in [2.75, 3.05) is 23.7 Å². The molecule has 1 aliphatic rings. The second-order valence-corrected chi connectivity index (χ2v) is 10.7. The van der Waals surface area contributed by atoms with Gasteiger partial charge in [0.1, 0.15) is 0 Å². The topological polar surface area (TPSA) is 98.7 Å². The van der Waals surface area contributed by atoms with Gasteiger partial charge in [0.05, 0.1) is 12.0 Å². The minimum atomic E-state index is -4.32. The maximum atomic E-state index is 13.2. The fraction of sp³-hybridized carbons (Fsp3) is 0.344. The molecule has 4 rings (SSSR count). The van der Waals surface area contributed by atoms with E-state index >= 15 is 0 Å². The number of aliphatic carboxylic acids is 1. The van der Waals surface area contributed by atoms with Gasteiger partial charge in [-0.15, -0.1) is 0 Å². The molecule has 1 saturated heterocycles. The highest BCUT2D eigenvalue weighted by Crippen LogP contribution is 2.34. The van der Waals surface area contributed by atoms with Crippen molar-refractivity contribution in [3.63, 3.8) is 0 Å². The Labute approximate surface area is 242 Å². The van der Waals surface area contributed by atoms with Crippen LogP contribution in [0, 0.1) is 12.8 Å². The van der Waals surface area contributed by atoms with Crippen LogP contribution in [0.5, 0.6) is 0 Å². The Hall–Kier alpha value is -4.34. The number of rotatable bonds is 9. The SMILES string of the molecule is CC(=O)Nc1ccc(-c2ccc(C(CCC(F)(F)F)Nc3ccc(C(=O)N4CCC[C@@H](C(=O)O)C4)cc3)c(C)c2)cc1. The molecule has 0 aromatic heterocycles. The highest BCUT2D eigenvalue weighted by atomic mass is 19.4. The highest BCUT2D eigenvalue weighted by Gasteiger charge is 2.30. The summed E-state index contributed by atoms with van der Waals surface area (Å²) in [5.74, 6) is -1.94. The van der Waals surface area contributed by atoms with E-state index in [1.165, 1.54) is 11.8 Å². The third-order valence-electron chi connectivity index (χ3n) is 7.43. The van der Waals surface area contributed by atoms with E-state index in [9.17, 15) is 32.7 Å². The van der Waals surface area contributed by atoms with Gasteiger partial charge in [-0.1, -0.05) is 30.3 Å². The Morgan fingerprint density at radius 2 is 1.62 bits per heavy atom. The number of alkyl halides is 3. The molecule has 0 aliphatic carbocycles. The summed E-state index contributed by atoms with van der Waals surface area (Å²) in [5.41, 5.74) is 4.98. The van der Waals surface area contributed by atoms with Gasteiger partial charge < -0.3 is 20.6 Å². The zero-order valence-electron chi connectivity index (χ0n) is 23.5. The van der Waals surface area contributed by atoms with Crippen LogP contribution in [0.2, 0.25) is 0 Å². The van der Waals surface area contributed by atoms with Gasteiger partial charge in [-0.2, -0.15) is 13.2 Å². The van der Waals surface area contributed by atoms with Crippen molar-refractivity contribution >= 4 is 29.2 Å². The largest absolute Gasteiger partial charge is 0.481 e. The normalized spacial score (nSPS) is 16.0. The predicted molar refractivity (Wildman–Crippen MR) is 155 cm³/mol. The molecule has 7 nitrogen and oxygen atoms in total. The molecule has 2 atom stereocenters. The first-order valence-electron chi connectivity index (χ1n) is 13.8. The second kappa shape index (κ2) is 13.1. The lowest BCUT2D eigenvalue weighted by Gasteiger charge is -2.30. The van der Waals surface area contributed by atoms with Crippen molar-refractivity contribution in [3.05, 3.63) is 83.4 Å². The van der Waals surface area contributed by atoms with E-state index < -0.39 is 30.5 Å². The summed E-state index contributed by atoms with van der Waals surface area (Å²) in [6.45, 7) is 3.93. The van der Waals surface area contributed by atoms with E-state index in [4.69, 9.17) is 0 Å². The lowest BCUT2D eigenvalue weighted by molar-refractivity contribution is -0.143. The van der Waals surface area contributed by atoms with Gasteiger partial charge >= 0.3 is 12.1 Å². The number of amides is 2. The van der Waals surface area contributed by atoms with Crippen LogP contribution >= 0.6 is 0 Å². The average molecular weight is 582 g/mol. The summed E-state index contributed by atoms with van der Waals surface area (Å²) in [5, 5.41) is 15.3. The highest BCUT2D eigenvalue weighted by molar-refractivity contribution is 5.95. The lowest BCUT2D eigenvalue weighted by Crippen LogP contribution is -2.42. The number of hydrogen-bond acceptors (Lipinski definition) is 4. The maximum Gasteiger partial charge on any atom is 0.389 e. The lowest BCUT2D eigenvalue weighted by atomic mass is 9.93. The number of aryl methyl sites for hydroxylation is 1. The number of carbonyl (C=O) groups is 3. The summed E-state index contributed by atoms with van der Waals surface area (Å²) in [7, 11) is 0. The molecule has 3 aromatic rings. The van der Waals surface area contributed by atoms with Crippen molar-refractivity contribution in [1.82, 2.24) is 4.90 Å². The van der Waals surface area contributed by atoms with Gasteiger partial charge in [-0.3, -0.25) is 14.4 Å². The Kier molecular flexibility index (Phi) is 9.55. The summed E-state index contributed by atoms with van der Waals surface area (Å²) in [6, 6.07) is 18.8. The van der Waals surface area contributed by atoms with E-state index in [-0.39, 0.29) is 24.8 Å². The fourth-order valence-electron chi connectivity index (χ4n) is 5.26. The van der Waals surface area contributed by atoms with Crippen LogP contribution < -0.4 is 10.6 Å². The molecule has 42 heavy (non-hydrogen) atoms. The molecule has 0 saturated carbocycles. The zero-order valence-corrected chi connectivity index (χ0v) is 23.5. The zero-order chi connectivity index (χ0) is 30.4. The Morgan fingerprint density at radius 3 is 2.21 bits per heavy atom. The smallest absolute Gasteiger partial charge is 0.389 e. The molecule has 0 spiro atoms. The predicted octanol–water partition coefficient (Wildman–Crippen LogP) is 7.05. The summed E-state index contributed by atoms with van der Waals surface area (Å²) in [4.78, 5) is 37.2. The van der Waals surface area contributed by atoms with Gasteiger partial charge in [-0.05, 0) is 84.8 Å². The number of piperidine rings is 1. The number of carboxylic acids is 1. The molecule has 1 fully saturated rings. The van der Waals surface area contributed by atoms with Crippen LogP contribution in [-0.2, 0) is 9.59 Å². The molecule has 3 aromatic carbocycles. The van der Waals surface area contributed by atoms with Crippen LogP contribution in [0.15, 0.2) is 66.7 Å². The molecule has 1 unspecified atom stereocenters. The first-order chi connectivity index (χ1) is 19.9. The summed E-state index contributed by atoms with van der Waals surface area (Å²) < 4.78 is 39.7. The van der Waals surface area contributed by atoms with E-state index in [2.05, 4.69) is 10.6 Å². The molecular weight excluding hydrogens is 547 g/mol. The molecule has 1 aliphatic heterocycles. The standard InChI is InChI=1S/C32H34F3N3O4/c1-20-18-24(22-5-10-26(11-6-22)36-21(2)39)9-14-28(20)29(15-16-32(33,34)35)37-27-12-7-23(8-13-27)30(40)38-17-3-4-25(19-38)31(41)42/h5-14,18,25,29,37H,3-4,15-17,19H2,1-2H3,(H,36,39)(H,41,42)/t25-,29?/m1/s1. The van der Waals surface area contributed by atoms with E-state index in [0.29, 0.717) is 36.3 Å². The molecule has 0 radical (unpaired) electrons. The monoisotopic (exact) mass is 581 g/mol. The molecule has 3 N–H and O–H groups in total. The van der Waals surface area contributed by atoms with Gasteiger partial charge in [0, 0.05) is 43.4 Å². The summed E-state index contributed by atoms with van der Waals surface area (Å²) >= 11 is 0. The minimum Gasteiger partial charge on any atom is -0.481 e. The Morgan fingerprint density at radius 1 is 0.976 bits per heavy atom. The minimum absolute atomic E-state index is 0.155. The number of hydrogen-bond donors (Lipinski definition) is 3. The van der Waals surface area contributed by atoms with Gasteiger partial charge in [0.25, 0.3) is 5.91 Å². The number of carboxylic acid groups (broad SMARTS) is 1. The fourth-order valence-corrected chi connectivity index (χ4v) is 5.26. The van der Waals surface area contributed by atoms with Crippen molar-refractivity contribution in [2.24, 2.45) is 5.92 Å². The Balaban J connectivity index is 1.51. The molecule has 2 amide bonds. The van der Waals surface area contributed by atoms with Gasteiger partial charge in [0.15, 0.2) is 0 Å². The number of nitrogens with one attached hydrogen (secondary N) is 2. The maximum absolute atomic E-state index is 13.2. The first kappa shape index (κ1) is 30.6. The van der Waals surface area contributed by atoms with Crippen molar-refractivity contribution in [2.45, 2.75) is 51.7 Å². The van der Waals surface area contributed by atoms with Crippen LogP contribution in [0.25, 0.3) is 11.1 Å². The second-order valence-electron chi connectivity index (χ2n) is 10.7. The van der Waals surface area contributed by atoms with Gasteiger partial charge in [0.2, 0.25) is 5.91 Å². The molecule has 1 heterocycles. The third-order valence-corrected chi connectivity index (χ3v) is 7.43. The molecule has 10 heteroatoms. The van der Waals surface area contributed by atoms with Crippen molar-refractivity contribution in [1.29, 1.82) is 0 Å². The number of anilines is 2. The van der Waals surface area contributed by atoms with Crippen LogP contribution in [-0.4, -0.2) is 47.1 Å². The van der Waals surface area contributed by atoms with E-state index in [1.807, 2.05) is 37.3 Å². The summed E-state index contributed by atoms with van der Waals surface area (Å²) in [6.07, 6.45) is -4.31. The number of carbonyl (C=O) groups excluding carboxylic acids is 2. The van der Waals surface area contributed by atoms with Crippen LogP contribution in [0.4, 0.5) is 24.5 Å². The Bertz CT molecular complexity index is 1420. The number of halogens is 3. The van der Waals surface area contributed by atoms with E-state index in [0.717, 1.165) is 22.3 Å². The number of benzene rings is 3. The number of likely N-dealkylation sites (tertiary alicyclic amines) is 1. The third kappa shape index (κ3) is 8.11. The molecule has 0 bridgehead atoms. The van der Waals surface area contributed by atoms with Crippen molar-refractivity contribution in [3.8, 4) is 11.1 Å². The van der Waals surface area contributed by atoms with Crippen molar-refractivity contribution < 1.29 is 32.7 Å². The van der Waals surface area contributed by atoms with Crippen LogP contribution in [0.1, 0.15) is 60.1 Å². The number of nitrogens with zero attached hydrogens (tertiary/aromatic N) is 1. The quantitative estimate of drug-likeness (QED) is 0.252. The van der Waals surface area contributed by atoms with E-state index in [1.54, 1.807) is 36.4 Å². The molecule has 222 valence electrons. The first-order valence-corrected chi connectivity index (χ1v) is 13.8. The van der Waals surface area contributed by atoms with Gasteiger partial charge in [-0.25, -0.2) is 0 Å². The van der Waals surface area contributed by atoms with Crippen LogP contribution in [0.3, 0.4) is 0 Å².